The van der Waals surface area contributed by atoms with E-state index in [1.165, 1.54) is 18.2 Å². The second-order valence-electron chi connectivity index (χ2n) is 5.49. The second kappa shape index (κ2) is 6.34. The van der Waals surface area contributed by atoms with Crippen molar-refractivity contribution in [1.82, 2.24) is 9.97 Å². The maximum atomic E-state index is 13.2. The van der Waals surface area contributed by atoms with Crippen LogP contribution in [0.3, 0.4) is 0 Å². The number of rotatable bonds is 3. The molecule has 2 amide bonds. The van der Waals surface area contributed by atoms with Gasteiger partial charge >= 0.3 is 12.2 Å². The Balaban J connectivity index is 2.20. The van der Waals surface area contributed by atoms with E-state index in [-0.39, 0.29) is 27.3 Å². The lowest BCUT2D eigenvalue weighted by Gasteiger charge is -2.22. The van der Waals surface area contributed by atoms with E-state index in [4.69, 9.17) is 28.9 Å². The number of hydrogen-bond donors (Lipinski definition) is 1. The highest BCUT2D eigenvalue weighted by molar-refractivity contribution is 6.40. The lowest BCUT2D eigenvalue weighted by atomic mass is 10.2. The molecular weight excluding hydrogens is 380 g/mol. The van der Waals surface area contributed by atoms with E-state index in [0.717, 1.165) is 18.9 Å². The number of benzene rings is 1. The number of para-hydroxylation sites is 1. The number of nitrogens with zero attached hydrogens (tertiary/aromatic N) is 3. The number of carbonyl (C=O) groups excluding carboxylic acids is 1. The Morgan fingerprint density at radius 1 is 1.20 bits per heavy atom. The average molecular weight is 391 g/mol. The Hall–Kier alpha value is -2.06. The highest BCUT2D eigenvalue weighted by Crippen LogP contribution is 2.43. The van der Waals surface area contributed by atoms with E-state index in [1.54, 1.807) is 0 Å². The number of nitrogens with two attached hydrogens (primary N) is 1. The fourth-order valence-electron chi connectivity index (χ4n) is 2.30. The Morgan fingerprint density at radius 2 is 1.80 bits per heavy atom. The zero-order valence-electron chi connectivity index (χ0n) is 12.5. The molecule has 10 heteroatoms. The molecule has 2 aromatic rings. The van der Waals surface area contributed by atoms with Crippen molar-refractivity contribution in [1.29, 1.82) is 0 Å². The molecule has 132 valence electrons. The number of anilines is 2. The molecule has 1 fully saturated rings. The number of urea groups is 1. The largest absolute Gasteiger partial charge is 0.433 e. The average Bonchev–Trinajstić information content (AvgIpc) is 3.34. The zero-order chi connectivity index (χ0) is 18.4. The first-order valence-corrected chi connectivity index (χ1v) is 7.94. The number of alkyl halides is 3. The minimum Gasteiger partial charge on any atom is -0.351 e. The number of halogens is 5. The molecule has 5 nitrogen and oxygen atoms in total. The van der Waals surface area contributed by atoms with Gasteiger partial charge in [-0.25, -0.2) is 19.7 Å². The molecule has 0 saturated heterocycles. The molecule has 1 saturated carbocycles. The van der Waals surface area contributed by atoms with Crippen molar-refractivity contribution >= 4 is 40.9 Å². The molecule has 0 aliphatic heterocycles. The zero-order valence-corrected chi connectivity index (χ0v) is 14.0. The van der Waals surface area contributed by atoms with Crippen LogP contribution in [-0.2, 0) is 6.18 Å². The summed E-state index contributed by atoms with van der Waals surface area (Å²) in [6.45, 7) is 0. The quantitative estimate of drug-likeness (QED) is 0.809. The maximum Gasteiger partial charge on any atom is 0.433 e. The van der Waals surface area contributed by atoms with E-state index in [9.17, 15) is 18.0 Å². The minimum atomic E-state index is -4.70. The van der Waals surface area contributed by atoms with Crippen LogP contribution in [0.5, 0.6) is 0 Å². The van der Waals surface area contributed by atoms with Crippen LogP contribution in [-0.4, -0.2) is 16.0 Å². The first-order chi connectivity index (χ1) is 11.7. The fraction of sp³-hybridized carbons (Fsp3) is 0.267. The van der Waals surface area contributed by atoms with Gasteiger partial charge in [-0.2, -0.15) is 13.2 Å². The summed E-state index contributed by atoms with van der Waals surface area (Å²) in [5, 5.41) is 0.0561. The summed E-state index contributed by atoms with van der Waals surface area (Å²) in [5.41, 5.74) is 4.32. The molecule has 0 atom stereocenters. The summed E-state index contributed by atoms with van der Waals surface area (Å²) in [7, 11) is 0. The van der Waals surface area contributed by atoms with Crippen LogP contribution in [0.15, 0.2) is 24.3 Å². The van der Waals surface area contributed by atoms with Gasteiger partial charge in [0.25, 0.3) is 0 Å². The van der Waals surface area contributed by atoms with E-state index < -0.39 is 23.8 Å². The SMILES string of the molecule is NC(=O)N(c1nc(C2CC2)cc(C(F)(F)F)n1)c1c(Cl)cccc1Cl. The smallest absolute Gasteiger partial charge is 0.351 e. The molecule has 1 aromatic carbocycles. The topological polar surface area (TPSA) is 72.1 Å². The Morgan fingerprint density at radius 3 is 2.28 bits per heavy atom. The monoisotopic (exact) mass is 390 g/mol. The van der Waals surface area contributed by atoms with Crippen LogP contribution >= 0.6 is 23.2 Å². The Kier molecular flexibility index (Phi) is 4.51. The molecule has 1 aliphatic carbocycles. The van der Waals surface area contributed by atoms with Gasteiger partial charge in [0, 0.05) is 11.6 Å². The van der Waals surface area contributed by atoms with Gasteiger partial charge in [-0.1, -0.05) is 29.3 Å². The molecule has 1 heterocycles. The lowest BCUT2D eigenvalue weighted by Crippen LogP contribution is -2.34. The molecule has 1 aliphatic rings. The van der Waals surface area contributed by atoms with Crippen molar-refractivity contribution in [2.24, 2.45) is 5.73 Å². The Labute approximate surface area is 150 Å². The Bertz CT molecular complexity index is 820. The highest BCUT2D eigenvalue weighted by Gasteiger charge is 2.37. The van der Waals surface area contributed by atoms with Gasteiger partial charge in [0.05, 0.1) is 15.7 Å². The van der Waals surface area contributed by atoms with Crippen molar-refractivity contribution < 1.29 is 18.0 Å². The van der Waals surface area contributed by atoms with Crippen LogP contribution in [0, 0.1) is 0 Å². The third kappa shape index (κ3) is 3.64. The third-order valence-electron chi connectivity index (χ3n) is 3.60. The predicted molar refractivity (Wildman–Crippen MR) is 87.2 cm³/mol. The van der Waals surface area contributed by atoms with Gasteiger partial charge in [0.1, 0.15) is 5.69 Å². The van der Waals surface area contributed by atoms with Crippen molar-refractivity contribution in [3.05, 3.63) is 45.7 Å². The third-order valence-corrected chi connectivity index (χ3v) is 4.21. The summed E-state index contributed by atoms with van der Waals surface area (Å²) in [5.74, 6) is -0.612. The summed E-state index contributed by atoms with van der Waals surface area (Å²) in [6, 6.07) is 4.16. The summed E-state index contributed by atoms with van der Waals surface area (Å²) >= 11 is 12.1. The molecule has 0 bridgehead atoms. The fourth-order valence-corrected chi connectivity index (χ4v) is 2.86. The number of primary amides is 1. The number of amides is 2. The first-order valence-electron chi connectivity index (χ1n) is 7.18. The normalized spacial score (nSPS) is 14.4. The number of aromatic nitrogens is 2. The van der Waals surface area contributed by atoms with Gasteiger partial charge in [0.15, 0.2) is 0 Å². The van der Waals surface area contributed by atoms with E-state index in [0.29, 0.717) is 4.90 Å². The highest BCUT2D eigenvalue weighted by atomic mass is 35.5. The summed E-state index contributed by atoms with van der Waals surface area (Å²) in [4.78, 5) is 20.2. The molecule has 25 heavy (non-hydrogen) atoms. The molecule has 0 spiro atoms. The first kappa shape index (κ1) is 17.8. The molecule has 3 rings (SSSR count). The number of hydrogen-bond acceptors (Lipinski definition) is 3. The van der Waals surface area contributed by atoms with E-state index in [1.807, 2.05) is 0 Å². The standard InChI is InChI=1S/C15H11Cl2F3N4O/c16-8-2-1-3-9(17)12(8)24(13(21)25)14-22-10(7-4-5-7)6-11(23-14)15(18,19)20/h1-3,6-7H,4-5H2,(H2,21,25). The molecule has 2 N–H and O–H groups in total. The molecule has 0 radical (unpaired) electrons. The van der Waals surface area contributed by atoms with Crippen molar-refractivity contribution in [2.45, 2.75) is 24.9 Å². The van der Waals surface area contributed by atoms with Crippen LogP contribution in [0.1, 0.15) is 30.1 Å². The van der Waals surface area contributed by atoms with Crippen LogP contribution in [0.25, 0.3) is 0 Å². The lowest BCUT2D eigenvalue weighted by molar-refractivity contribution is -0.141. The van der Waals surface area contributed by atoms with Crippen molar-refractivity contribution in [3.8, 4) is 0 Å². The summed E-state index contributed by atoms with van der Waals surface area (Å²) in [6.07, 6.45) is -3.26. The van der Waals surface area contributed by atoms with Gasteiger partial charge in [-0.05, 0) is 31.0 Å². The van der Waals surface area contributed by atoms with Crippen LogP contribution in [0.2, 0.25) is 10.0 Å². The van der Waals surface area contributed by atoms with Crippen molar-refractivity contribution in [2.75, 3.05) is 4.90 Å². The van der Waals surface area contributed by atoms with Crippen molar-refractivity contribution in [3.63, 3.8) is 0 Å². The number of carbonyl (C=O) groups is 1. The predicted octanol–water partition coefficient (Wildman–Crippen LogP) is 4.90. The molecule has 1 aromatic heterocycles. The minimum absolute atomic E-state index is 0.0280. The summed E-state index contributed by atoms with van der Waals surface area (Å²) < 4.78 is 39.5. The van der Waals surface area contributed by atoms with Crippen LogP contribution in [0.4, 0.5) is 29.6 Å². The van der Waals surface area contributed by atoms with Gasteiger partial charge < -0.3 is 5.73 Å². The molecule has 0 unspecified atom stereocenters. The second-order valence-corrected chi connectivity index (χ2v) is 6.31. The van der Waals surface area contributed by atoms with Gasteiger partial charge in [-0.15, -0.1) is 0 Å². The van der Waals surface area contributed by atoms with Gasteiger partial charge in [-0.3, -0.25) is 0 Å². The van der Waals surface area contributed by atoms with Gasteiger partial charge in [0.2, 0.25) is 5.95 Å². The van der Waals surface area contributed by atoms with E-state index >= 15 is 0 Å². The van der Waals surface area contributed by atoms with Crippen LogP contribution < -0.4 is 10.6 Å². The maximum absolute atomic E-state index is 13.2. The molecular formula is C15H11Cl2F3N4O. The van der Waals surface area contributed by atoms with E-state index in [2.05, 4.69) is 9.97 Å².